The Kier molecular flexibility index (Phi) is 2.44. The minimum Gasteiger partial charge on any atom is -0.441 e. The molecular formula is C13H12N4O. The van der Waals surface area contributed by atoms with Crippen LogP contribution in [0.5, 0.6) is 0 Å². The van der Waals surface area contributed by atoms with Crippen molar-refractivity contribution >= 4 is 17.0 Å². The number of rotatable bonds is 2. The molecule has 0 fully saturated rings. The van der Waals surface area contributed by atoms with Gasteiger partial charge in [-0.15, -0.1) is 0 Å². The zero-order chi connectivity index (χ0) is 12.5. The molecule has 0 amide bonds. The molecule has 0 saturated heterocycles. The topological polar surface area (TPSA) is 63.8 Å². The summed E-state index contributed by atoms with van der Waals surface area (Å²) in [5, 5.41) is 2.92. The van der Waals surface area contributed by atoms with Crippen molar-refractivity contribution in [2.24, 2.45) is 0 Å². The van der Waals surface area contributed by atoms with Crippen molar-refractivity contribution in [3.63, 3.8) is 0 Å². The van der Waals surface area contributed by atoms with E-state index in [4.69, 9.17) is 4.42 Å². The molecular weight excluding hydrogens is 228 g/mol. The van der Waals surface area contributed by atoms with Crippen molar-refractivity contribution in [1.82, 2.24) is 15.0 Å². The molecule has 90 valence electrons. The Morgan fingerprint density at radius 1 is 1.17 bits per heavy atom. The fraction of sp³-hybridized carbons (Fsp3) is 0.154. The second-order valence-electron chi connectivity index (χ2n) is 3.93. The van der Waals surface area contributed by atoms with Gasteiger partial charge in [0, 0.05) is 25.7 Å². The molecule has 5 nitrogen and oxygen atoms in total. The summed E-state index contributed by atoms with van der Waals surface area (Å²) in [6, 6.07) is 7.71. The number of hydrogen-bond donors (Lipinski definition) is 1. The van der Waals surface area contributed by atoms with Crippen LogP contribution in [0.4, 0.5) is 5.95 Å². The number of nitrogens with one attached hydrogen (secondary N) is 1. The number of oxazole rings is 1. The van der Waals surface area contributed by atoms with Gasteiger partial charge in [-0.05, 0) is 24.3 Å². The highest BCUT2D eigenvalue weighted by molar-refractivity contribution is 5.79. The average Bonchev–Trinajstić information content (AvgIpc) is 2.77. The molecule has 0 bridgehead atoms. The van der Waals surface area contributed by atoms with E-state index in [2.05, 4.69) is 20.3 Å². The van der Waals surface area contributed by atoms with Crippen LogP contribution in [0.2, 0.25) is 0 Å². The first-order valence-electron chi connectivity index (χ1n) is 5.64. The highest BCUT2D eigenvalue weighted by Gasteiger charge is 2.06. The van der Waals surface area contributed by atoms with Gasteiger partial charge in [0.25, 0.3) is 0 Å². The van der Waals surface area contributed by atoms with Crippen LogP contribution in [0, 0.1) is 6.92 Å². The lowest BCUT2D eigenvalue weighted by Gasteiger charge is -2.02. The minimum atomic E-state index is 0.601. The fourth-order valence-corrected chi connectivity index (χ4v) is 1.84. The lowest BCUT2D eigenvalue weighted by molar-refractivity contribution is 0.561. The summed E-state index contributed by atoms with van der Waals surface area (Å²) in [4.78, 5) is 12.8. The first-order valence-corrected chi connectivity index (χ1v) is 5.64. The summed E-state index contributed by atoms with van der Waals surface area (Å²) < 4.78 is 5.45. The van der Waals surface area contributed by atoms with E-state index < -0.39 is 0 Å². The third-order valence-corrected chi connectivity index (χ3v) is 2.67. The Morgan fingerprint density at radius 2 is 2.06 bits per heavy atom. The van der Waals surface area contributed by atoms with Gasteiger partial charge in [0.15, 0.2) is 11.5 Å². The van der Waals surface area contributed by atoms with Gasteiger partial charge in [-0.2, -0.15) is 0 Å². The monoisotopic (exact) mass is 240 g/mol. The van der Waals surface area contributed by atoms with Gasteiger partial charge in [0.05, 0.1) is 5.69 Å². The molecule has 0 aliphatic rings. The van der Waals surface area contributed by atoms with Crippen LogP contribution < -0.4 is 5.32 Å². The molecule has 0 aliphatic heterocycles. The van der Waals surface area contributed by atoms with Crippen LogP contribution in [0.25, 0.3) is 22.4 Å². The van der Waals surface area contributed by atoms with Gasteiger partial charge < -0.3 is 9.73 Å². The average molecular weight is 240 g/mol. The summed E-state index contributed by atoms with van der Waals surface area (Å²) in [6.45, 7) is 1.84. The number of fused-ring (bicyclic) bond motifs is 1. The molecule has 1 aromatic carbocycles. The summed E-state index contributed by atoms with van der Waals surface area (Å²) in [7, 11) is 1.79. The van der Waals surface area contributed by atoms with Gasteiger partial charge >= 0.3 is 0 Å². The summed E-state index contributed by atoms with van der Waals surface area (Å²) >= 11 is 0. The molecule has 0 aliphatic carbocycles. The van der Waals surface area contributed by atoms with Crippen LogP contribution in [0.1, 0.15) is 5.89 Å². The predicted molar refractivity (Wildman–Crippen MR) is 69.3 cm³/mol. The lowest BCUT2D eigenvalue weighted by Crippen LogP contribution is -1.96. The molecule has 1 N–H and O–H groups in total. The fourth-order valence-electron chi connectivity index (χ4n) is 1.84. The van der Waals surface area contributed by atoms with E-state index in [1.165, 1.54) is 0 Å². The maximum Gasteiger partial charge on any atom is 0.222 e. The Labute approximate surface area is 104 Å². The molecule has 5 heteroatoms. The van der Waals surface area contributed by atoms with E-state index in [0.29, 0.717) is 11.8 Å². The summed E-state index contributed by atoms with van der Waals surface area (Å²) in [6.07, 6.45) is 1.73. The number of nitrogens with zero attached hydrogens (tertiary/aromatic N) is 3. The maximum atomic E-state index is 5.45. The molecule has 0 saturated carbocycles. The Hall–Kier alpha value is -2.43. The molecule has 3 rings (SSSR count). The number of benzene rings is 1. The van der Waals surface area contributed by atoms with Crippen LogP contribution in [0.15, 0.2) is 34.9 Å². The highest BCUT2D eigenvalue weighted by Crippen LogP contribution is 2.23. The Morgan fingerprint density at radius 3 is 2.89 bits per heavy atom. The molecule has 0 radical (unpaired) electrons. The third-order valence-electron chi connectivity index (χ3n) is 2.67. The number of aromatic nitrogens is 3. The van der Waals surface area contributed by atoms with E-state index in [-0.39, 0.29) is 0 Å². The van der Waals surface area contributed by atoms with Gasteiger partial charge in [-0.1, -0.05) is 0 Å². The van der Waals surface area contributed by atoms with Crippen molar-refractivity contribution in [3.8, 4) is 11.3 Å². The first kappa shape index (κ1) is 10.7. The standard InChI is InChI=1S/C13H12N4O/c1-8-16-11-7-9(3-4-12(11)18-8)10-5-6-15-13(14-2)17-10/h3-7H,1-2H3,(H,14,15,17). The van der Waals surface area contributed by atoms with Gasteiger partial charge in [-0.25, -0.2) is 15.0 Å². The lowest BCUT2D eigenvalue weighted by atomic mass is 10.1. The van der Waals surface area contributed by atoms with E-state index >= 15 is 0 Å². The smallest absolute Gasteiger partial charge is 0.222 e. The van der Waals surface area contributed by atoms with Crippen LogP contribution >= 0.6 is 0 Å². The number of aryl methyl sites for hydroxylation is 1. The third kappa shape index (κ3) is 1.79. The maximum absolute atomic E-state index is 5.45. The molecule has 2 aromatic heterocycles. The summed E-state index contributed by atoms with van der Waals surface area (Å²) in [5.41, 5.74) is 3.49. The van der Waals surface area contributed by atoms with Crippen LogP contribution in [-0.2, 0) is 0 Å². The van der Waals surface area contributed by atoms with Crippen molar-refractivity contribution in [1.29, 1.82) is 0 Å². The quantitative estimate of drug-likeness (QED) is 0.746. The zero-order valence-corrected chi connectivity index (χ0v) is 10.1. The first-order chi connectivity index (χ1) is 8.76. The summed E-state index contributed by atoms with van der Waals surface area (Å²) in [5.74, 6) is 1.27. The highest BCUT2D eigenvalue weighted by atomic mass is 16.3. The molecule has 18 heavy (non-hydrogen) atoms. The molecule has 0 atom stereocenters. The van der Waals surface area contributed by atoms with Crippen molar-refractivity contribution in [2.75, 3.05) is 12.4 Å². The van der Waals surface area contributed by atoms with Gasteiger partial charge in [-0.3, -0.25) is 0 Å². The Bertz CT molecular complexity index is 705. The largest absolute Gasteiger partial charge is 0.441 e. The molecule has 0 unspecified atom stereocenters. The molecule has 2 heterocycles. The zero-order valence-electron chi connectivity index (χ0n) is 10.1. The SMILES string of the molecule is CNc1nccc(-c2ccc3oc(C)nc3c2)n1. The van der Waals surface area contributed by atoms with Crippen LogP contribution in [0.3, 0.4) is 0 Å². The molecule has 3 aromatic rings. The van der Waals surface area contributed by atoms with Crippen molar-refractivity contribution < 1.29 is 4.42 Å². The van der Waals surface area contributed by atoms with Gasteiger partial charge in [0.2, 0.25) is 5.95 Å². The van der Waals surface area contributed by atoms with Crippen molar-refractivity contribution in [2.45, 2.75) is 6.92 Å². The van der Waals surface area contributed by atoms with Crippen molar-refractivity contribution in [3.05, 3.63) is 36.4 Å². The predicted octanol–water partition coefficient (Wildman–Crippen LogP) is 2.63. The van der Waals surface area contributed by atoms with Crippen LogP contribution in [-0.4, -0.2) is 22.0 Å². The Balaban J connectivity index is 2.12. The number of anilines is 1. The van der Waals surface area contributed by atoms with E-state index in [1.807, 2.05) is 31.2 Å². The van der Waals surface area contributed by atoms with E-state index in [1.54, 1.807) is 13.2 Å². The molecule has 0 spiro atoms. The minimum absolute atomic E-state index is 0.601. The second-order valence-corrected chi connectivity index (χ2v) is 3.93. The van der Waals surface area contributed by atoms with E-state index in [9.17, 15) is 0 Å². The normalized spacial score (nSPS) is 10.8. The van der Waals surface area contributed by atoms with E-state index in [0.717, 1.165) is 22.4 Å². The van der Waals surface area contributed by atoms with Gasteiger partial charge in [0.1, 0.15) is 5.52 Å². The number of hydrogen-bond acceptors (Lipinski definition) is 5. The second kappa shape index (κ2) is 4.10.